The Hall–Kier alpha value is -2.93. The van der Waals surface area contributed by atoms with Gasteiger partial charge in [0.2, 0.25) is 0 Å². The third kappa shape index (κ3) is 5.05. The van der Waals surface area contributed by atoms with Crippen LogP contribution in [0.15, 0.2) is 40.9 Å². The first-order valence-corrected chi connectivity index (χ1v) is 10.7. The maximum Gasteiger partial charge on any atom is 0.167 e. The smallest absolute Gasteiger partial charge is 0.167 e. The fourth-order valence-electron chi connectivity index (χ4n) is 4.18. The Kier molecular flexibility index (Phi) is 6.82. The molecule has 0 spiro atoms. The van der Waals surface area contributed by atoms with Gasteiger partial charge in [0.25, 0.3) is 0 Å². The number of likely N-dealkylation sites (tertiary alicyclic amines) is 1. The van der Waals surface area contributed by atoms with Crippen molar-refractivity contribution in [2.75, 3.05) is 33.4 Å². The lowest BCUT2D eigenvalue weighted by Gasteiger charge is -2.31. The van der Waals surface area contributed by atoms with Gasteiger partial charge < -0.3 is 23.7 Å². The second-order valence-corrected chi connectivity index (χ2v) is 7.88. The van der Waals surface area contributed by atoms with E-state index >= 15 is 0 Å². The summed E-state index contributed by atoms with van der Waals surface area (Å²) in [7, 11) is 1.60. The van der Waals surface area contributed by atoms with Crippen LogP contribution < -0.4 is 9.47 Å². The van der Waals surface area contributed by atoms with Crippen molar-refractivity contribution in [1.29, 1.82) is 0 Å². The van der Waals surface area contributed by atoms with Gasteiger partial charge in [0, 0.05) is 24.3 Å². The molecule has 4 rings (SSSR count). The van der Waals surface area contributed by atoms with Crippen LogP contribution in [-0.2, 0) is 11.2 Å². The zero-order valence-electron chi connectivity index (χ0n) is 17.7. The number of rotatable bonds is 9. The van der Waals surface area contributed by atoms with Crippen LogP contribution in [0, 0.1) is 5.82 Å². The second-order valence-electron chi connectivity index (χ2n) is 7.88. The molecule has 3 aromatic rings. The Morgan fingerprint density at radius 2 is 2.03 bits per heavy atom. The van der Waals surface area contributed by atoms with Gasteiger partial charge in [-0.1, -0.05) is 11.2 Å². The first kappa shape index (κ1) is 21.3. The van der Waals surface area contributed by atoms with Crippen LogP contribution >= 0.6 is 0 Å². The highest BCUT2D eigenvalue weighted by Gasteiger charge is 2.25. The van der Waals surface area contributed by atoms with Crippen molar-refractivity contribution in [3.05, 3.63) is 53.5 Å². The van der Waals surface area contributed by atoms with E-state index in [2.05, 4.69) is 10.1 Å². The lowest BCUT2D eigenvalue weighted by molar-refractivity contribution is -0.107. The molecule has 2 heterocycles. The Labute approximate surface area is 180 Å². The highest BCUT2D eigenvalue weighted by molar-refractivity contribution is 5.79. The molecule has 7 heteroatoms. The molecule has 164 valence electrons. The number of nitrogens with zero attached hydrogens (tertiary/aromatic N) is 2. The maximum atomic E-state index is 13.6. The number of hydrogen-bond donors (Lipinski definition) is 0. The van der Waals surface area contributed by atoms with E-state index in [0.717, 1.165) is 61.8 Å². The van der Waals surface area contributed by atoms with Gasteiger partial charge in [-0.05, 0) is 68.2 Å². The Bertz CT molecular complexity index is 1030. The molecule has 31 heavy (non-hydrogen) atoms. The summed E-state index contributed by atoms with van der Waals surface area (Å²) in [5.74, 6) is 1.38. The Balaban J connectivity index is 1.24. The molecule has 1 saturated heterocycles. The summed E-state index contributed by atoms with van der Waals surface area (Å²) in [4.78, 5) is 13.1. The molecule has 0 unspecified atom stereocenters. The van der Waals surface area contributed by atoms with E-state index in [1.807, 2.05) is 18.2 Å². The van der Waals surface area contributed by atoms with Crippen LogP contribution in [0.25, 0.3) is 11.0 Å². The number of aromatic nitrogens is 1. The van der Waals surface area contributed by atoms with Gasteiger partial charge >= 0.3 is 0 Å². The minimum absolute atomic E-state index is 0.260. The number of ether oxygens (including phenoxy) is 2. The molecule has 0 saturated carbocycles. The fourth-order valence-corrected chi connectivity index (χ4v) is 4.18. The van der Waals surface area contributed by atoms with Crippen molar-refractivity contribution in [1.82, 2.24) is 10.1 Å². The molecule has 0 bridgehead atoms. The molecule has 1 aliphatic heterocycles. The number of fused-ring (bicyclic) bond motifs is 1. The number of piperidine rings is 1. The SMILES string of the molecule is COc1cc(CC=O)ccc1OCCCN1CCC(c2noc3ccc(F)cc23)CC1. The average Bonchev–Trinajstić information content (AvgIpc) is 3.21. The van der Waals surface area contributed by atoms with Gasteiger partial charge in [-0.2, -0.15) is 0 Å². The Morgan fingerprint density at radius 3 is 2.81 bits per heavy atom. The number of halogens is 1. The summed E-state index contributed by atoms with van der Waals surface area (Å²) in [5.41, 5.74) is 2.43. The van der Waals surface area contributed by atoms with E-state index in [4.69, 9.17) is 14.0 Å². The van der Waals surface area contributed by atoms with Gasteiger partial charge in [0.05, 0.1) is 19.4 Å². The predicted molar refractivity (Wildman–Crippen MR) is 115 cm³/mol. The summed E-state index contributed by atoms with van der Waals surface area (Å²) in [6, 6.07) is 10.1. The minimum Gasteiger partial charge on any atom is -0.493 e. The largest absolute Gasteiger partial charge is 0.493 e. The van der Waals surface area contributed by atoms with Gasteiger partial charge in [0.1, 0.15) is 12.1 Å². The van der Waals surface area contributed by atoms with Crippen molar-refractivity contribution < 1.29 is 23.2 Å². The molecule has 0 atom stereocenters. The van der Waals surface area contributed by atoms with Crippen molar-refractivity contribution in [2.24, 2.45) is 0 Å². The van der Waals surface area contributed by atoms with Crippen molar-refractivity contribution in [2.45, 2.75) is 31.6 Å². The van der Waals surface area contributed by atoms with E-state index < -0.39 is 0 Å². The van der Waals surface area contributed by atoms with Gasteiger partial charge in [-0.25, -0.2) is 4.39 Å². The van der Waals surface area contributed by atoms with Gasteiger partial charge in [0.15, 0.2) is 17.1 Å². The lowest BCUT2D eigenvalue weighted by Crippen LogP contribution is -2.34. The number of aldehydes is 1. The molecule has 1 fully saturated rings. The zero-order chi connectivity index (χ0) is 21.6. The fraction of sp³-hybridized carbons (Fsp3) is 0.417. The number of methoxy groups -OCH3 is 1. The van der Waals surface area contributed by atoms with Crippen LogP contribution in [0.2, 0.25) is 0 Å². The average molecular weight is 426 g/mol. The van der Waals surface area contributed by atoms with Crippen LogP contribution in [0.4, 0.5) is 4.39 Å². The van der Waals surface area contributed by atoms with Gasteiger partial charge in [-0.3, -0.25) is 0 Å². The molecular formula is C24H27FN2O4. The van der Waals surface area contributed by atoms with E-state index in [1.165, 1.54) is 12.1 Å². The maximum absolute atomic E-state index is 13.6. The van der Waals surface area contributed by atoms with Crippen LogP contribution in [-0.4, -0.2) is 49.7 Å². The second kappa shape index (κ2) is 9.92. The topological polar surface area (TPSA) is 64.8 Å². The molecule has 6 nitrogen and oxygen atoms in total. The summed E-state index contributed by atoms with van der Waals surface area (Å²) in [6.07, 6.45) is 4.10. The minimum atomic E-state index is -0.260. The van der Waals surface area contributed by atoms with E-state index in [9.17, 15) is 9.18 Å². The summed E-state index contributed by atoms with van der Waals surface area (Å²) in [6.45, 7) is 3.49. The molecule has 1 aliphatic rings. The first-order chi connectivity index (χ1) is 15.2. The zero-order valence-corrected chi connectivity index (χ0v) is 17.7. The third-order valence-electron chi connectivity index (χ3n) is 5.86. The monoisotopic (exact) mass is 426 g/mol. The van der Waals surface area contributed by atoms with E-state index in [0.29, 0.717) is 36.0 Å². The predicted octanol–water partition coefficient (Wildman–Crippen LogP) is 4.37. The van der Waals surface area contributed by atoms with Crippen molar-refractivity contribution >= 4 is 17.3 Å². The molecule has 0 aliphatic carbocycles. The summed E-state index contributed by atoms with van der Waals surface area (Å²) in [5, 5.41) is 5.01. The van der Waals surface area contributed by atoms with Crippen molar-refractivity contribution in [3.63, 3.8) is 0 Å². The first-order valence-electron chi connectivity index (χ1n) is 10.7. The molecule has 0 N–H and O–H groups in total. The molecule has 0 radical (unpaired) electrons. The highest BCUT2D eigenvalue weighted by atomic mass is 19.1. The summed E-state index contributed by atoms with van der Waals surface area (Å²) >= 11 is 0. The molecule has 0 amide bonds. The number of carbonyl (C=O) groups excluding carboxylic acids is 1. The standard InChI is InChI=1S/C24H27FN2O4/c1-29-23-15-17(9-13-28)3-5-22(23)30-14-2-10-27-11-7-18(8-12-27)24-20-16-19(25)4-6-21(20)31-26-24/h3-6,13,15-16,18H,2,7-12,14H2,1H3. The molecule has 2 aromatic carbocycles. The molecular weight excluding hydrogens is 399 g/mol. The van der Waals surface area contributed by atoms with Gasteiger partial charge in [-0.15, -0.1) is 0 Å². The number of benzene rings is 2. The lowest BCUT2D eigenvalue weighted by atomic mass is 9.91. The van der Waals surface area contributed by atoms with Crippen LogP contribution in [0.5, 0.6) is 11.5 Å². The number of hydrogen-bond acceptors (Lipinski definition) is 6. The highest BCUT2D eigenvalue weighted by Crippen LogP contribution is 2.33. The Morgan fingerprint density at radius 1 is 1.19 bits per heavy atom. The number of carbonyl (C=O) groups is 1. The van der Waals surface area contributed by atoms with Crippen LogP contribution in [0.1, 0.15) is 36.4 Å². The molecule has 1 aromatic heterocycles. The third-order valence-corrected chi connectivity index (χ3v) is 5.86. The normalized spacial score (nSPS) is 15.3. The van der Waals surface area contributed by atoms with Crippen LogP contribution in [0.3, 0.4) is 0 Å². The summed E-state index contributed by atoms with van der Waals surface area (Å²) < 4.78 is 30.3. The van der Waals surface area contributed by atoms with Crippen molar-refractivity contribution in [3.8, 4) is 11.5 Å². The quantitative estimate of drug-likeness (QED) is 0.374. The van der Waals surface area contributed by atoms with E-state index in [1.54, 1.807) is 13.2 Å². The van der Waals surface area contributed by atoms with E-state index in [-0.39, 0.29) is 5.82 Å².